The van der Waals surface area contributed by atoms with Gasteiger partial charge in [0.25, 0.3) is 5.56 Å². The van der Waals surface area contributed by atoms with E-state index in [4.69, 9.17) is 5.73 Å². The van der Waals surface area contributed by atoms with Gasteiger partial charge < -0.3 is 10.6 Å². The molecule has 0 spiro atoms. The fourth-order valence-corrected chi connectivity index (χ4v) is 4.67. The molecule has 1 aliphatic carbocycles. The van der Waals surface area contributed by atoms with Crippen molar-refractivity contribution in [1.82, 2.24) is 14.5 Å². The van der Waals surface area contributed by atoms with E-state index in [2.05, 4.69) is 4.98 Å². The average molecular weight is 448 g/mol. The van der Waals surface area contributed by atoms with Gasteiger partial charge in [0.05, 0.1) is 11.8 Å². The molecule has 0 bridgehead atoms. The topological polar surface area (TPSA) is 139 Å². The third-order valence-electron chi connectivity index (χ3n) is 6.29. The quantitative estimate of drug-likeness (QED) is 0.572. The SMILES string of the molecule is CCCCn1c(N)c(N(CC(C)C)C(=O)CN2C(=O)[C@H]3CCCC[C@H]3C2=O)c(=O)[nH]c1=O. The summed E-state index contributed by atoms with van der Waals surface area (Å²) in [6.45, 7) is 5.73. The summed E-state index contributed by atoms with van der Waals surface area (Å²) in [5.74, 6) is -2.02. The molecule has 0 radical (unpaired) electrons. The molecule has 2 atom stereocenters. The number of nitrogens with one attached hydrogen (secondary N) is 1. The van der Waals surface area contributed by atoms with Crippen LogP contribution >= 0.6 is 0 Å². The molecule has 1 aliphatic heterocycles. The second kappa shape index (κ2) is 9.70. The summed E-state index contributed by atoms with van der Waals surface area (Å²) in [4.78, 5) is 68.4. The summed E-state index contributed by atoms with van der Waals surface area (Å²) in [7, 11) is 0. The van der Waals surface area contributed by atoms with Gasteiger partial charge in [0.15, 0.2) is 5.69 Å². The molecule has 1 saturated heterocycles. The largest absolute Gasteiger partial charge is 0.383 e. The van der Waals surface area contributed by atoms with Gasteiger partial charge in [-0.25, -0.2) is 4.79 Å². The normalized spacial score (nSPS) is 20.7. The van der Waals surface area contributed by atoms with Crippen LogP contribution in [0.15, 0.2) is 9.59 Å². The number of rotatable bonds is 8. The van der Waals surface area contributed by atoms with E-state index < -0.39 is 23.7 Å². The molecular formula is C22H33N5O5. The Labute approximate surface area is 186 Å². The maximum atomic E-state index is 13.3. The van der Waals surface area contributed by atoms with E-state index in [9.17, 15) is 24.0 Å². The number of imide groups is 1. The smallest absolute Gasteiger partial charge is 0.330 e. The van der Waals surface area contributed by atoms with Crippen LogP contribution in [-0.4, -0.2) is 45.3 Å². The molecule has 2 aliphatic rings. The minimum absolute atomic E-state index is 0.0265. The van der Waals surface area contributed by atoms with Crippen LogP contribution < -0.4 is 21.9 Å². The number of nitrogen functional groups attached to an aromatic ring is 1. The van der Waals surface area contributed by atoms with E-state index in [-0.39, 0.29) is 47.6 Å². The van der Waals surface area contributed by atoms with Gasteiger partial charge in [0.2, 0.25) is 17.7 Å². The third kappa shape index (κ3) is 4.49. The molecule has 10 heteroatoms. The highest BCUT2D eigenvalue weighted by Crippen LogP contribution is 2.38. The van der Waals surface area contributed by atoms with Crippen LogP contribution in [0, 0.1) is 17.8 Å². The van der Waals surface area contributed by atoms with Crippen molar-refractivity contribution in [2.24, 2.45) is 17.8 Å². The number of aromatic amines is 1. The Morgan fingerprint density at radius 1 is 1.12 bits per heavy atom. The number of carbonyl (C=O) groups is 3. The number of H-pyrrole nitrogens is 1. The predicted octanol–water partition coefficient (Wildman–Crippen LogP) is 1.08. The number of amides is 3. The van der Waals surface area contributed by atoms with E-state index in [1.165, 1.54) is 9.47 Å². The number of aromatic nitrogens is 2. The summed E-state index contributed by atoms with van der Waals surface area (Å²) in [6, 6.07) is 0. The number of nitrogens with two attached hydrogens (primary N) is 1. The number of carbonyl (C=O) groups excluding carboxylic acids is 3. The van der Waals surface area contributed by atoms with E-state index >= 15 is 0 Å². The van der Waals surface area contributed by atoms with Crippen LogP contribution in [0.4, 0.5) is 11.5 Å². The summed E-state index contributed by atoms with van der Waals surface area (Å²) >= 11 is 0. The Balaban J connectivity index is 1.94. The fraction of sp³-hybridized carbons (Fsp3) is 0.682. The monoisotopic (exact) mass is 447 g/mol. The molecule has 2 fully saturated rings. The highest BCUT2D eigenvalue weighted by atomic mass is 16.2. The number of anilines is 2. The van der Waals surface area contributed by atoms with Gasteiger partial charge in [-0.1, -0.05) is 40.0 Å². The summed E-state index contributed by atoms with van der Waals surface area (Å²) in [5, 5.41) is 0. The van der Waals surface area contributed by atoms with E-state index in [0.29, 0.717) is 25.8 Å². The lowest BCUT2D eigenvalue weighted by Gasteiger charge is -2.27. The van der Waals surface area contributed by atoms with Crippen molar-refractivity contribution in [3.63, 3.8) is 0 Å². The highest BCUT2D eigenvalue weighted by Gasteiger charge is 2.49. The number of fused-ring (bicyclic) bond motifs is 1. The molecule has 1 aromatic rings. The van der Waals surface area contributed by atoms with Crippen LogP contribution in [0.2, 0.25) is 0 Å². The Morgan fingerprint density at radius 3 is 2.25 bits per heavy atom. The number of likely N-dealkylation sites (tertiary alicyclic amines) is 1. The first-order valence-electron chi connectivity index (χ1n) is 11.5. The molecule has 2 heterocycles. The van der Waals surface area contributed by atoms with Crippen LogP contribution in [0.5, 0.6) is 0 Å². The fourth-order valence-electron chi connectivity index (χ4n) is 4.67. The number of unbranched alkanes of at least 4 members (excludes halogenated alkanes) is 1. The van der Waals surface area contributed by atoms with Crippen molar-refractivity contribution in [2.75, 3.05) is 23.7 Å². The van der Waals surface area contributed by atoms with E-state index in [0.717, 1.165) is 24.2 Å². The van der Waals surface area contributed by atoms with Gasteiger partial charge in [-0.15, -0.1) is 0 Å². The van der Waals surface area contributed by atoms with Gasteiger partial charge in [0, 0.05) is 13.1 Å². The maximum Gasteiger partial charge on any atom is 0.330 e. The van der Waals surface area contributed by atoms with Gasteiger partial charge in [-0.05, 0) is 25.2 Å². The lowest BCUT2D eigenvalue weighted by molar-refractivity contribution is -0.143. The van der Waals surface area contributed by atoms with Crippen LogP contribution in [0.25, 0.3) is 0 Å². The average Bonchev–Trinajstić information content (AvgIpc) is 2.97. The molecule has 3 N–H and O–H groups in total. The molecular weight excluding hydrogens is 414 g/mol. The molecule has 0 unspecified atom stereocenters. The van der Waals surface area contributed by atoms with Gasteiger partial charge in [0.1, 0.15) is 12.4 Å². The molecule has 1 aromatic heterocycles. The molecule has 3 amide bonds. The predicted molar refractivity (Wildman–Crippen MR) is 120 cm³/mol. The van der Waals surface area contributed by atoms with E-state index in [1.54, 1.807) is 0 Å². The zero-order valence-electron chi connectivity index (χ0n) is 19.1. The molecule has 176 valence electrons. The molecule has 3 rings (SSSR count). The van der Waals surface area contributed by atoms with Crippen molar-refractivity contribution in [3.05, 3.63) is 20.8 Å². The molecule has 10 nitrogen and oxygen atoms in total. The lowest BCUT2D eigenvalue weighted by Crippen LogP contribution is -2.47. The molecule has 0 aromatic carbocycles. The Kier molecular flexibility index (Phi) is 7.20. The van der Waals surface area contributed by atoms with Crippen molar-refractivity contribution in [2.45, 2.75) is 65.8 Å². The van der Waals surface area contributed by atoms with Crippen molar-refractivity contribution in [3.8, 4) is 0 Å². The van der Waals surface area contributed by atoms with Gasteiger partial charge in [-0.3, -0.25) is 33.6 Å². The van der Waals surface area contributed by atoms with Crippen molar-refractivity contribution < 1.29 is 14.4 Å². The van der Waals surface area contributed by atoms with Crippen LogP contribution in [0.1, 0.15) is 59.3 Å². The van der Waals surface area contributed by atoms with Crippen LogP contribution in [-0.2, 0) is 20.9 Å². The number of hydrogen-bond acceptors (Lipinski definition) is 6. The first-order valence-corrected chi connectivity index (χ1v) is 11.5. The third-order valence-corrected chi connectivity index (χ3v) is 6.29. The van der Waals surface area contributed by atoms with Crippen molar-refractivity contribution >= 4 is 29.2 Å². The highest BCUT2D eigenvalue weighted by molar-refractivity contribution is 6.09. The first-order chi connectivity index (χ1) is 15.2. The summed E-state index contributed by atoms with van der Waals surface area (Å²) in [6.07, 6.45) is 4.60. The second-order valence-corrected chi connectivity index (χ2v) is 9.16. The number of nitrogens with zero attached hydrogens (tertiary/aromatic N) is 3. The zero-order valence-corrected chi connectivity index (χ0v) is 19.1. The maximum absolute atomic E-state index is 13.3. The minimum atomic E-state index is -0.762. The summed E-state index contributed by atoms with van der Waals surface area (Å²) in [5.41, 5.74) is 4.69. The standard InChI is InChI=1S/C22H33N5O5/c1-4-5-10-25-18(23)17(19(29)24-22(25)32)26(11-13(2)3)16(28)12-27-20(30)14-8-6-7-9-15(14)21(27)31/h13-15H,4-12,23H2,1-3H3,(H,24,29,32)/t14-,15+. The lowest BCUT2D eigenvalue weighted by atomic mass is 9.81. The Bertz CT molecular complexity index is 987. The van der Waals surface area contributed by atoms with Crippen molar-refractivity contribution in [1.29, 1.82) is 0 Å². The van der Waals surface area contributed by atoms with Gasteiger partial charge >= 0.3 is 5.69 Å². The minimum Gasteiger partial charge on any atom is -0.383 e. The van der Waals surface area contributed by atoms with Crippen LogP contribution in [0.3, 0.4) is 0 Å². The number of hydrogen-bond donors (Lipinski definition) is 2. The Hall–Kier alpha value is -2.91. The molecule has 1 saturated carbocycles. The zero-order chi connectivity index (χ0) is 23.6. The molecule has 32 heavy (non-hydrogen) atoms. The van der Waals surface area contributed by atoms with Gasteiger partial charge in [-0.2, -0.15) is 0 Å². The first kappa shape index (κ1) is 23.7. The van der Waals surface area contributed by atoms with E-state index in [1.807, 2.05) is 20.8 Å². The second-order valence-electron chi connectivity index (χ2n) is 9.16. The summed E-state index contributed by atoms with van der Waals surface area (Å²) < 4.78 is 1.25. The Morgan fingerprint density at radius 2 is 1.72 bits per heavy atom.